The van der Waals surface area contributed by atoms with Gasteiger partial charge in [-0.25, -0.2) is 4.79 Å². The quantitative estimate of drug-likeness (QED) is 0.385. The fourth-order valence-corrected chi connectivity index (χ4v) is 3.93. The van der Waals surface area contributed by atoms with E-state index in [9.17, 15) is 4.79 Å². The minimum Gasteiger partial charge on any atom is -0.477 e. The van der Waals surface area contributed by atoms with Crippen LogP contribution in [0.1, 0.15) is 60.0 Å². The summed E-state index contributed by atoms with van der Waals surface area (Å²) in [5.74, 6) is -0.847. The van der Waals surface area contributed by atoms with E-state index >= 15 is 0 Å². The zero-order chi connectivity index (χ0) is 18.9. The predicted molar refractivity (Wildman–Crippen MR) is 117 cm³/mol. The predicted octanol–water partition coefficient (Wildman–Crippen LogP) is 7.85. The summed E-state index contributed by atoms with van der Waals surface area (Å²) < 4.78 is 0. The van der Waals surface area contributed by atoms with Gasteiger partial charge in [0.15, 0.2) is 0 Å². The molecular weight excluding hydrogens is 380 g/mol. The van der Waals surface area contributed by atoms with Crippen LogP contribution in [-0.2, 0) is 6.42 Å². The Kier molecular flexibility index (Phi) is 13.7. The van der Waals surface area contributed by atoms with E-state index in [0.717, 1.165) is 0 Å². The molecule has 26 heavy (non-hydrogen) atoms. The third-order valence-electron chi connectivity index (χ3n) is 3.51. The minimum absolute atomic E-state index is 0.394. The highest BCUT2D eigenvalue weighted by Gasteiger charge is 1.99. The second kappa shape index (κ2) is 15.8. The second-order valence-corrected chi connectivity index (χ2v) is 8.47. The molecule has 2 nitrogen and oxygen atoms in total. The molecule has 0 radical (unpaired) electrons. The standard InChI is InChI=1S/C12H20S.C5H4O2S.C4H4S/c1-2-3-4-5-6-7-9-12-10-8-11-13-12;6-5(7)4-2-1-3-8-4;1-2-4-5-3-1/h8,10-11H,2-7,9H2,1H3;1-3H,(H,6,7);1-4H. The number of rotatable bonds is 8. The third-order valence-corrected chi connectivity index (χ3v) is 5.94. The molecule has 0 aromatic carbocycles. The van der Waals surface area contributed by atoms with Crippen LogP contribution in [0.25, 0.3) is 0 Å². The van der Waals surface area contributed by atoms with Crippen LogP contribution in [-0.4, -0.2) is 11.1 Å². The van der Waals surface area contributed by atoms with E-state index in [4.69, 9.17) is 5.11 Å². The number of hydrogen-bond acceptors (Lipinski definition) is 4. The molecule has 142 valence electrons. The fraction of sp³-hybridized carbons (Fsp3) is 0.381. The number of aromatic carboxylic acids is 1. The molecule has 0 aliphatic rings. The van der Waals surface area contributed by atoms with Gasteiger partial charge in [0.2, 0.25) is 0 Å². The van der Waals surface area contributed by atoms with Crippen LogP contribution in [0.2, 0.25) is 0 Å². The van der Waals surface area contributed by atoms with Crippen LogP contribution in [0, 0.1) is 0 Å². The van der Waals surface area contributed by atoms with Crippen molar-refractivity contribution in [2.75, 3.05) is 0 Å². The first-order valence-corrected chi connectivity index (χ1v) is 11.7. The minimum atomic E-state index is -0.847. The molecule has 3 rings (SSSR count). The van der Waals surface area contributed by atoms with Crippen LogP contribution in [0.4, 0.5) is 0 Å². The lowest BCUT2D eigenvalue weighted by molar-refractivity contribution is 0.0702. The van der Waals surface area contributed by atoms with E-state index in [-0.39, 0.29) is 0 Å². The third kappa shape index (κ3) is 12.0. The Hall–Kier alpha value is -1.43. The van der Waals surface area contributed by atoms with Crippen LogP contribution in [0.15, 0.2) is 57.9 Å². The smallest absolute Gasteiger partial charge is 0.345 e. The van der Waals surface area contributed by atoms with Crippen molar-refractivity contribution in [3.63, 3.8) is 0 Å². The molecule has 3 aromatic heterocycles. The molecule has 0 saturated carbocycles. The van der Waals surface area contributed by atoms with Crippen molar-refractivity contribution in [3.05, 3.63) is 67.7 Å². The van der Waals surface area contributed by atoms with Crippen molar-refractivity contribution in [1.82, 2.24) is 0 Å². The SMILES string of the molecule is CCCCCCCCc1cccs1.O=C(O)c1cccs1.c1ccsc1. The molecule has 0 atom stereocenters. The molecule has 0 aliphatic carbocycles. The lowest BCUT2D eigenvalue weighted by atomic mass is 10.1. The molecular formula is C21H28O2S3. The summed E-state index contributed by atoms with van der Waals surface area (Å²) in [6.45, 7) is 2.27. The van der Waals surface area contributed by atoms with Gasteiger partial charge in [0.1, 0.15) is 4.88 Å². The zero-order valence-corrected chi connectivity index (χ0v) is 17.8. The Bertz CT molecular complexity index is 612. The van der Waals surface area contributed by atoms with Gasteiger partial charge >= 0.3 is 5.97 Å². The van der Waals surface area contributed by atoms with Crippen molar-refractivity contribution in [2.24, 2.45) is 0 Å². The number of aryl methyl sites for hydroxylation is 1. The van der Waals surface area contributed by atoms with Gasteiger partial charge < -0.3 is 5.11 Å². The first kappa shape index (κ1) is 22.6. The molecule has 0 unspecified atom stereocenters. The number of carboxylic acids is 1. The summed E-state index contributed by atoms with van der Waals surface area (Å²) in [6, 6.07) is 11.7. The summed E-state index contributed by atoms with van der Waals surface area (Å²) in [5, 5.41) is 16.3. The Morgan fingerprint density at radius 2 is 1.50 bits per heavy atom. The molecule has 3 heterocycles. The van der Waals surface area contributed by atoms with Gasteiger partial charge in [-0.05, 0) is 46.5 Å². The Balaban J connectivity index is 0.000000219. The largest absolute Gasteiger partial charge is 0.477 e. The van der Waals surface area contributed by atoms with Crippen LogP contribution in [0.3, 0.4) is 0 Å². The summed E-state index contributed by atoms with van der Waals surface area (Å²) in [5.41, 5.74) is 0. The molecule has 0 saturated heterocycles. The van der Waals surface area contributed by atoms with Crippen molar-refractivity contribution in [1.29, 1.82) is 0 Å². The lowest BCUT2D eigenvalue weighted by Gasteiger charge is -1.98. The fourth-order valence-electron chi connectivity index (χ4n) is 2.16. The Morgan fingerprint density at radius 1 is 0.846 bits per heavy atom. The van der Waals surface area contributed by atoms with E-state index in [1.807, 2.05) is 34.2 Å². The number of carbonyl (C=O) groups is 1. The number of unbranched alkanes of at least 4 members (excludes halogenated alkanes) is 5. The van der Waals surface area contributed by atoms with Crippen molar-refractivity contribution < 1.29 is 9.90 Å². The van der Waals surface area contributed by atoms with Gasteiger partial charge in [0.25, 0.3) is 0 Å². The maximum atomic E-state index is 10.1. The van der Waals surface area contributed by atoms with E-state index in [2.05, 4.69) is 24.4 Å². The van der Waals surface area contributed by atoms with E-state index in [1.165, 1.54) is 56.3 Å². The van der Waals surface area contributed by atoms with Gasteiger partial charge in [0.05, 0.1) is 0 Å². The summed E-state index contributed by atoms with van der Waals surface area (Å²) in [7, 11) is 0. The summed E-state index contributed by atoms with van der Waals surface area (Å²) in [4.78, 5) is 12.0. The van der Waals surface area contributed by atoms with Gasteiger partial charge in [0, 0.05) is 4.88 Å². The summed E-state index contributed by atoms with van der Waals surface area (Å²) >= 11 is 4.84. The number of hydrogen-bond donors (Lipinski definition) is 1. The first-order chi connectivity index (χ1) is 12.7. The topological polar surface area (TPSA) is 37.3 Å². The van der Waals surface area contributed by atoms with Crippen LogP contribution >= 0.6 is 34.0 Å². The highest BCUT2D eigenvalue weighted by Crippen LogP contribution is 2.13. The first-order valence-electron chi connectivity index (χ1n) is 9.00. The average molecular weight is 409 g/mol. The maximum absolute atomic E-state index is 10.1. The van der Waals surface area contributed by atoms with E-state index in [1.54, 1.807) is 33.7 Å². The molecule has 5 heteroatoms. The second-order valence-electron chi connectivity index (χ2n) is 5.67. The maximum Gasteiger partial charge on any atom is 0.345 e. The van der Waals surface area contributed by atoms with E-state index < -0.39 is 5.97 Å². The van der Waals surface area contributed by atoms with Gasteiger partial charge in [-0.3, -0.25) is 0 Å². The average Bonchev–Trinajstić information content (AvgIpc) is 3.42. The highest BCUT2D eigenvalue weighted by molar-refractivity contribution is 7.12. The molecule has 0 amide bonds. The van der Waals surface area contributed by atoms with Gasteiger partial charge in [-0.15, -0.1) is 22.7 Å². The Morgan fingerprint density at radius 3 is 1.96 bits per heavy atom. The van der Waals surface area contributed by atoms with Crippen LogP contribution < -0.4 is 0 Å². The molecule has 0 aliphatic heterocycles. The highest BCUT2D eigenvalue weighted by atomic mass is 32.1. The summed E-state index contributed by atoms with van der Waals surface area (Å²) in [6.07, 6.45) is 9.72. The van der Waals surface area contributed by atoms with Gasteiger partial charge in [-0.1, -0.05) is 63.3 Å². The van der Waals surface area contributed by atoms with Gasteiger partial charge in [-0.2, -0.15) is 11.3 Å². The number of carboxylic acid groups (broad SMARTS) is 1. The molecule has 3 aromatic rings. The van der Waals surface area contributed by atoms with Crippen molar-refractivity contribution >= 4 is 40.0 Å². The molecule has 1 N–H and O–H groups in total. The number of thiophene rings is 3. The lowest BCUT2D eigenvalue weighted by Crippen LogP contribution is -1.89. The molecule has 0 fully saturated rings. The molecule has 0 spiro atoms. The van der Waals surface area contributed by atoms with Crippen molar-refractivity contribution in [3.8, 4) is 0 Å². The zero-order valence-electron chi connectivity index (χ0n) is 15.3. The van der Waals surface area contributed by atoms with Crippen molar-refractivity contribution in [2.45, 2.75) is 51.9 Å². The Labute approximate surface area is 169 Å². The molecule has 0 bridgehead atoms. The monoisotopic (exact) mass is 408 g/mol. The van der Waals surface area contributed by atoms with E-state index in [0.29, 0.717) is 4.88 Å². The van der Waals surface area contributed by atoms with Crippen LogP contribution in [0.5, 0.6) is 0 Å². The normalized spacial score (nSPS) is 9.58.